The smallest absolute Gasteiger partial charge is 0.318 e. The highest BCUT2D eigenvalue weighted by Crippen LogP contribution is 2.35. The Kier molecular flexibility index (Phi) is 3.83. The van der Waals surface area contributed by atoms with Crippen LogP contribution in [0.3, 0.4) is 0 Å². The maximum Gasteiger partial charge on any atom is 0.318 e. The number of nitrogens with two attached hydrogens (primary N) is 1. The Morgan fingerprint density at radius 2 is 2.09 bits per heavy atom. The fraction of sp³-hybridized carbons (Fsp3) is 0.167. The van der Waals surface area contributed by atoms with E-state index in [4.69, 9.17) is 19.6 Å². The zero-order valence-corrected chi connectivity index (χ0v) is 11.9. The first-order chi connectivity index (χ1) is 10.6. The molecule has 1 aromatic heterocycles. The first kappa shape index (κ1) is 14.2. The van der Waals surface area contributed by atoms with Gasteiger partial charge < -0.3 is 19.6 Å². The molecule has 0 aliphatic carbocycles. The van der Waals surface area contributed by atoms with E-state index < -0.39 is 11.9 Å². The van der Waals surface area contributed by atoms with Crippen LogP contribution < -0.4 is 20.5 Å². The summed E-state index contributed by atoms with van der Waals surface area (Å²) in [5, 5.41) is 9.85. The molecule has 0 spiro atoms. The Bertz CT molecular complexity index is 732. The molecule has 0 atom stereocenters. The number of benzene rings is 1. The van der Waals surface area contributed by atoms with Gasteiger partial charge in [0.05, 0.1) is 5.75 Å². The molecular weight excluding hydrogens is 312 g/mol. The SMILES string of the molecule is NC(=O)NC(=O)CSc1nnc(-c2ccc3c(c2)OCO3)o1. The third-order valence-corrected chi connectivity index (χ3v) is 3.43. The van der Waals surface area contributed by atoms with Crippen molar-refractivity contribution in [1.29, 1.82) is 0 Å². The number of aromatic nitrogens is 2. The molecule has 0 unspecified atom stereocenters. The van der Waals surface area contributed by atoms with Crippen molar-refractivity contribution in [2.24, 2.45) is 5.73 Å². The highest BCUT2D eigenvalue weighted by molar-refractivity contribution is 7.99. The minimum atomic E-state index is -0.905. The minimum Gasteiger partial charge on any atom is -0.454 e. The van der Waals surface area contributed by atoms with Gasteiger partial charge in [-0.15, -0.1) is 10.2 Å². The summed E-state index contributed by atoms with van der Waals surface area (Å²) in [4.78, 5) is 21.8. The van der Waals surface area contributed by atoms with Crippen LogP contribution in [0.5, 0.6) is 11.5 Å². The van der Waals surface area contributed by atoms with Crippen LogP contribution in [0.25, 0.3) is 11.5 Å². The molecule has 2 heterocycles. The lowest BCUT2D eigenvalue weighted by atomic mass is 10.2. The second kappa shape index (κ2) is 5.93. The van der Waals surface area contributed by atoms with Crippen LogP contribution in [-0.2, 0) is 4.79 Å². The topological polar surface area (TPSA) is 130 Å². The van der Waals surface area contributed by atoms with Crippen molar-refractivity contribution >= 4 is 23.7 Å². The monoisotopic (exact) mass is 322 g/mol. The van der Waals surface area contributed by atoms with Crippen LogP contribution in [0.1, 0.15) is 0 Å². The molecule has 0 bridgehead atoms. The maximum atomic E-state index is 11.3. The van der Waals surface area contributed by atoms with Crippen LogP contribution in [0.2, 0.25) is 0 Å². The van der Waals surface area contributed by atoms with Crippen LogP contribution in [-0.4, -0.2) is 34.7 Å². The molecule has 1 aliphatic rings. The largest absolute Gasteiger partial charge is 0.454 e. The van der Waals surface area contributed by atoms with Crippen molar-refractivity contribution in [3.63, 3.8) is 0 Å². The minimum absolute atomic E-state index is 0.0638. The Hall–Kier alpha value is -2.75. The zero-order valence-electron chi connectivity index (χ0n) is 11.1. The normalized spacial score (nSPS) is 12.2. The van der Waals surface area contributed by atoms with Gasteiger partial charge in [0.1, 0.15) is 0 Å². The number of nitrogens with zero attached hydrogens (tertiary/aromatic N) is 2. The number of amides is 3. The zero-order chi connectivity index (χ0) is 15.5. The Labute approximate surface area is 128 Å². The van der Waals surface area contributed by atoms with Crippen molar-refractivity contribution in [1.82, 2.24) is 15.5 Å². The molecular formula is C12H10N4O5S. The van der Waals surface area contributed by atoms with E-state index in [1.54, 1.807) is 18.2 Å². The third kappa shape index (κ3) is 3.11. The van der Waals surface area contributed by atoms with E-state index in [-0.39, 0.29) is 23.7 Å². The lowest BCUT2D eigenvalue weighted by Gasteiger charge is -1.98. The van der Waals surface area contributed by atoms with Gasteiger partial charge in [-0.1, -0.05) is 11.8 Å². The molecule has 9 nitrogen and oxygen atoms in total. The molecule has 114 valence electrons. The summed E-state index contributed by atoms with van der Waals surface area (Å²) in [6.07, 6.45) is 0. The van der Waals surface area contributed by atoms with Crippen molar-refractivity contribution in [3.05, 3.63) is 18.2 Å². The van der Waals surface area contributed by atoms with E-state index in [0.717, 1.165) is 11.8 Å². The van der Waals surface area contributed by atoms with E-state index in [1.165, 1.54) is 0 Å². The van der Waals surface area contributed by atoms with Crippen LogP contribution in [0.15, 0.2) is 27.8 Å². The van der Waals surface area contributed by atoms with Gasteiger partial charge in [0, 0.05) is 5.56 Å². The van der Waals surface area contributed by atoms with Crippen molar-refractivity contribution in [2.45, 2.75) is 5.22 Å². The van der Waals surface area contributed by atoms with Gasteiger partial charge in [-0.2, -0.15) is 0 Å². The van der Waals surface area contributed by atoms with Gasteiger partial charge in [0.25, 0.3) is 5.22 Å². The highest BCUT2D eigenvalue weighted by atomic mass is 32.2. The van der Waals surface area contributed by atoms with Gasteiger partial charge >= 0.3 is 6.03 Å². The number of nitrogens with one attached hydrogen (secondary N) is 1. The summed E-state index contributed by atoms with van der Waals surface area (Å²) in [6.45, 7) is 0.179. The summed E-state index contributed by atoms with van der Waals surface area (Å²) in [5.74, 6) is 0.939. The number of ether oxygens (including phenoxy) is 2. The highest BCUT2D eigenvalue weighted by Gasteiger charge is 2.17. The van der Waals surface area contributed by atoms with Gasteiger partial charge in [-0.25, -0.2) is 4.79 Å². The standard InChI is InChI=1S/C12H10N4O5S/c13-11(18)14-9(17)4-22-12-16-15-10(21-12)6-1-2-7-8(3-6)20-5-19-7/h1-3H,4-5H2,(H3,13,14,17,18). The van der Waals surface area contributed by atoms with Crippen molar-refractivity contribution < 1.29 is 23.5 Å². The number of thioether (sulfide) groups is 1. The molecule has 0 saturated carbocycles. The predicted molar refractivity (Wildman–Crippen MR) is 74.3 cm³/mol. The molecule has 22 heavy (non-hydrogen) atoms. The van der Waals surface area contributed by atoms with Crippen molar-refractivity contribution in [2.75, 3.05) is 12.5 Å². The van der Waals surface area contributed by atoms with Gasteiger partial charge in [-0.3, -0.25) is 10.1 Å². The van der Waals surface area contributed by atoms with E-state index >= 15 is 0 Å². The number of fused-ring (bicyclic) bond motifs is 1. The van der Waals surface area contributed by atoms with Gasteiger partial charge in [0.2, 0.25) is 18.6 Å². The van der Waals surface area contributed by atoms with Crippen LogP contribution in [0.4, 0.5) is 4.79 Å². The van der Waals surface area contributed by atoms with E-state index in [2.05, 4.69) is 10.2 Å². The summed E-state index contributed by atoms with van der Waals surface area (Å²) in [7, 11) is 0. The predicted octanol–water partition coefficient (Wildman–Crippen LogP) is 0.752. The number of urea groups is 1. The lowest BCUT2D eigenvalue weighted by molar-refractivity contribution is -0.117. The molecule has 10 heteroatoms. The average Bonchev–Trinajstić information content (AvgIpc) is 3.12. The number of primary amides is 1. The van der Waals surface area contributed by atoms with Crippen LogP contribution in [0, 0.1) is 0 Å². The maximum absolute atomic E-state index is 11.3. The molecule has 3 rings (SSSR count). The Balaban J connectivity index is 1.66. The van der Waals surface area contributed by atoms with Gasteiger partial charge in [-0.05, 0) is 18.2 Å². The lowest BCUT2D eigenvalue weighted by Crippen LogP contribution is -2.36. The number of hydrogen-bond donors (Lipinski definition) is 2. The molecule has 0 saturated heterocycles. The van der Waals surface area contributed by atoms with Crippen molar-refractivity contribution in [3.8, 4) is 23.0 Å². The molecule has 3 amide bonds. The Morgan fingerprint density at radius 3 is 2.91 bits per heavy atom. The summed E-state index contributed by atoms with van der Waals surface area (Å²) < 4.78 is 15.9. The molecule has 1 aliphatic heterocycles. The number of imide groups is 1. The fourth-order valence-electron chi connectivity index (χ4n) is 1.72. The van der Waals surface area contributed by atoms with E-state index in [1.807, 2.05) is 5.32 Å². The second-order valence-corrected chi connectivity index (χ2v) is 5.07. The molecule has 3 N–H and O–H groups in total. The summed E-state index contributed by atoms with van der Waals surface area (Å²) in [5.41, 5.74) is 5.50. The molecule has 0 fully saturated rings. The second-order valence-electron chi connectivity index (χ2n) is 4.14. The quantitative estimate of drug-likeness (QED) is 0.789. The first-order valence-electron chi connectivity index (χ1n) is 6.07. The first-order valence-corrected chi connectivity index (χ1v) is 7.06. The van der Waals surface area contributed by atoms with E-state index in [9.17, 15) is 9.59 Å². The average molecular weight is 322 g/mol. The van der Waals surface area contributed by atoms with Gasteiger partial charge in [0.15, 0.2) is 11.5 Å². The number of carbonyl (C=O) groups is 2. The molecule has 1 aromatic carbocycles. The number of rotatable bonds is 4. The number of carbonyl (C=O) groups excluding carboxylic acids is 2. The third-order valence-electron chi connectivity index (χ3n) is 2.62. The molecule has 2 aromatic rings. The Morgan fingerprint density at radius 1 is 1.27 bits per heavy atom. The summed E-state index contributed by atoms with van der Waals surface area (Å²) in [6, 6.07) is 4.33. The number of hydrogen-bond acceptors (Lipinski definition) is 8. The van der Waals surface area contributed by atoms with Crippen LogP contribution >= 0.6 is 11.8 Å². The summed E-state index contributed by atoms with van der Waals surface area (Å²) >= 11 is 0.995. The van der Waals surface area contributed by atoms with E-state index in [0.29, 0.717) is 17.1 Å². The fourth-order valence-corrected chi connectivity index (χ4v) is 2.28. The molecule has 0 radical (unpaired) electrons.